The zero-order chi connectivity index (χ0) is 15.0. The second-order valence-electron chi connectivity index (χ2n) is 5.04. The van der Waals surface area contributed by atoms with Gasteiger partial charge in [-0.25, -0.2) is 4.79 Å². The van der Waals surface area contributed by atoms with Crippen LogP contribution in [-0.4, -0.2) is 43.6 Å². The number of hydrogen-bond acceptors (Lipinski definition) is 3. The molecule has 0 bridgehead atoms. The molecule has 2 atom stereocenters. The van der Waals surface area contributed by atoms with Crippen molar-refractivity contribution < 1.29 is 14.7 Å². The number of hydrogen-bond donors (Lipinski definition) is 1. The van der Waals surface area contributed by atoms with Crippen molar-refractivity contribution in [3.05, 3.63) is 22.4 Å². The Balaban J connectivity index is 2.37. The Kier molecular flexibility index (Phi) is 4.49. The summed E-state index contributed by atoms with van der Waals surface area (Å²) in [6, 6.07) is 1.13. The third kappa shape index (κ3) is 2.74. The zero-order valence-electron chi connectivity index (χ0n) is 11.5. The van der Waals surface area contributed by atoms with Crippen LogP contribution in [0.4, 0.5) is 0 Å². The number of carbonyl (C=O) groups excluding carboxylic acids is 1. The largest absolute Gasteiger partial charge is 0.480 e. The van der Waals surface area contributed by atoms with Crippen molar-refractivity contribution in [3.8, 4) is 0 Å². The molecule has 0 spiro atoms. The number of aliphatic carboxylic acids is 1. The molecule has 110 valence electrons. The third-order valence-electron chi connectivity index (χ3n) is 3.33. The van der Waals surface area contributed by atoms with Crippen LogP contribution in [0.15, 0.2) is 16.7 Å². The molecule has 1 aromatic heterocycles. The molecule has 1 fully saturated rings. The van der Waals surface area contributed by atoms with Crippen molar-refractivity contribution in [1.82, 2.24) is 9.47 Å². The standard InChI is InChI=1S/C13H17BrN2O3S/c1-7(2)15-5-9(14)4-10(15)12(17)16-8(3)20-6-11(16)13(18)19/h4-5,7-8,11H,6H2,1-3H3,(H,18,19). The molecule has 2 rings (SSSR count). The number of halogens is 1. The Morgan fingerprint density at radius 2 is 2.15 bits per heavy atom. The summed E-state index contributed by atoms with van der Waals surface area (Å²) in [5.74, 6) is -0.738. The zero-order valence-corrected chi connectivity index (χ0v) is 13.9. The van der Waals surface area contributed by atoms with Crippen LogP contribution < -0.4 is 0 Å². The number of nitrogens with zero attached hydrogens (tertiary/aromatic N) is 2. The first-order valence-corrected chi connectivity index (χ1v) is 8.21. The summed E-state index contributed by atoms with van der Waals surface area (Å²) in [6.45, 7) is 5.84. The lowest BCUT2D eigenvalue weighted by Crippen LogP contribution is -2.45. The number of carbonyl (C=O) groups is 2. The van der Waals surface area contributed by atoms with E-state index in [-0.39, 0.29) is 17.3 Å². The molecule has 0 aliphatic carbocycles. The maximum atomic E-state index is 12.7. The Hall–Kier alpha value is -0.950. The minimum absolute atomic E-state index is 0.127. The van der Waals surface area contributed by atoms with Gasteiger partial charge in [0.2, 0.25) is 0 Å². The lowest BCUT2D eigenvalue weighted by Gasteiger charge is -2.26. The van der Waals surface area contributed by atoms with E-state index in [0.717, 1.165) is 4.47 Å². The van der Waals surface area contributed by atoms with E-state index in [4.69, 9.17) is 0 Å². The Bertz CT molecular complexity index is 544. The molecule has 1 aliphatic rings. The van der Waals surface area contributed by atoms with Gasteiger partial charge in [-0.2, -0.15) is 0 Å². The van der Waals surface area contributed by atoms with Crippen LogP contribution in [0.2, 0.25) is 0 Å². The summed E-state index contributed by atoms with van der Waals surface area (Å²) in [4.78, 5) is 25.5. The normalized spacial score (nSPS) is 22.6. The van der Waals surface area contributed by atoms with Gasteiger partial charge in [-0.3, -0.25) is 4.79 Å². The van der Waals surface area contributed by atoms with E-state index in [1.807, 2.05) is 31.5 Å². The molecule has 2 heterocycles. The van der Waals surface area contributed by atoms with Gasteiger partial charge >= 0.3 is 5.97 Å². The second-order valence-corrected chi connectivity index (χ2v) is 7.31. The van der Waals surface area contributed by atoms with Crippen LogP contribution in [0, 0.1) is 0 Å². The fourth-order valence-electron chi connectivity index (χ4n) is 2.32. The maximum absolute atomic E-state index is 12.7. The highest BCUT2D eigenvalue weighted by atomic mass is 79.9. The summed E-state index contributed by atoms with van der Waals surface area (Å²) < 4.78 is 2.68. The van der Waals surface area contributed by atoms with Crippen LogP contribution in [0.3, 0.4) is 0 Å². The number of thioether (sulfide) groups is 1. The van der Waals surface area contributed by atoms with Crippen molar-refractivity contribution in [1.29, 1.82) is 0 Å². The van der Waals surface area contributed by atoms with Crippen molar-refractivity contribution in [3.63, 3.8) is 0 Å². The molecule has 1 amide bonds. The Morgan fingerprint density at radius 3 is 2.70 bits per heavy atom. The lowest BCUT2D eigenvalue weighted by molar-refractivity contribution is -0.141. The first-order valence-electron chi connectivity index (χ1n) is 6.37. The number of amides is 1. The quantitative estimate of drug-likeness (QED) is 0.899. The second kappa shape index (κ2) is 5.81. The fraction of sp³-hybridized carbons (Fsp3) is 0.538. The van der Waals surface area contributed by atoms with Crippen molar-refractivity contribution in [2.24, 2.45) is 0 Å². The molecule has 0 aromatic carbocycles. The van der Waals surface area contributed by atoms with Crippen molar-refractivity contribution in [2.45, 2.75) is 38.2 Å². The topological polar surface area (TPSA) is 62.5 Å². The lowest BCUT2D eigenvalue weighted by atomic mass is 10.2. The van der Waals surface area contributed by atoms with Gasteiger partial charge in [0.1, 0.15) is 11.7 Å². The molecule has 1 saturated heterocycles. The smallest absolute Gasteiger partial charge is 0.327 e. The minimum atomic E-state index is -0.947. The molecule has 1 aliphatic heterocycles. The maximum Gasteiger partial charge on any atom is 0.327 e. The van der Waals surface area contributed by atoms with Gasteiger partial charge in [0.05, 0.1) is 5.37 Å². The predicted octanol–water partition coefficient (Wildman–Crippen LogP) is 2.82. The molecule has 20 heavy (non-hydrogen) atoms. The summed E-state index contributed by atoms with van der Waals surface area (Å²) in [6.07, 6.45) is 1.85. The van der Waals surface area contributed by atoms with Gasteiger partial charge in [-0.15, -0.1) is 11.8 Å². The molecule has 1 N–H and O–H groups in total. The molecule has 2 unspecified atom stereocenters. The Labute approximate surface area is 130 Å². The molecule has 0 saturated carbocycles. The summed E-state index contributed by atoms with van der Waals surface area (Å²) in [5, 5.41) is 9.13. The molecular weight excluding hydrogens is 344 g/mol. The van der Waals surface area contributed by atoms with Gasteiger partial charge in [0, 0.05) is 22.5 Å². The first kappa shape index (κ1) is 15.4. The van der Waals surface area contributed by atoms with Crippen LogP contribution in [0.5, 0.6) is 0 Å². The number of rotatable bonds is 3. The molecule has 1 aromatic rings. The van der Waals surface area contributed by atoms with Gasteiger partial charge < -0.3 is 14.6 Å². The van der Waals surface area contributed by atoms with E-state index in [2.05, 4.69) is 15.9 Å². The molecule has 7 heteroatoms. The highest BCUT2D eigenvalue weighted by Crippen LogP contribution is 2.31. The average molecular weight is 361 g/mol. The fourth-order valence-corrected chi connectivity index (χ4v) is 3.92. The monoisotopic (exact) mass is 360 g/mol. The average Bonchev–Trinajstić information content (AvgIpc) is 2.91. The van der Waals surface area contributed by atoms with Crippen LogP contribution >= 0.6 is 27.7 Å². The van der Waals surface area contributed by atoms with E-state index in [1.165, 1.54) is 16.7 Å². The molecular formula is C13H17BrN2O3S. The highest BCUT2D eigenvalue weighted by molar-refractivity contribution is 9.10. The van der Waals surface area contributed by atoms with E-state index >= 15 is 0 Å². The van der Waals surface area contributed by atoms with Crippen LogP contribution in [0.1, 0.15) is 37.3 Å². The Morgan fingerprint density at radius 1 is 1.50 bits per heavy atom. The predicted molar refractivity (Wildman–Crippen MR) is 82.0 cm³/mol. The molecule has 5 nitrogen and oxygen atoms in total. The molecule has 0 radical (unpaired) electrons. The van der Waals surface area contributed by atoms with Crippen LogP contribution in [-0.2, 0) is 4.79 Å². The van der Waals surface area contributed by atoms with Gasteiger partial charge in [0.15, 0.2) is 0 Å². The minimum Gasteiger partial charge on any atom is -0.480 e. The van der Waals surface area contributed by atoms with E-state index in [9.17, 15) is 14.7 Å². The van der Waals surface area contributed by atoms with E-state index in [1.54, 1.807) is 6.07 Å². The third-order valence-corrected chi connectivity index (χ3v) is 4.98. The van der Waals surface area contributed by atoms with E-state index < -0.39 is 12.0 Å². The number of aromatic nitrogens is 1. The summed E-state index contributed by atoms with van der Waals surface area (Å²) in [7, 11) is 0. The van der Waals surface area contributed by atoms with Crippen LogP contribution in [0.25, 0.3) is 0 Å². The van der Waals surface area contributed by atoms with Crippen molar-refractivity contribution in [2.75, 3.05) is 5.75 Å². The first-order chi connectivity index (χ1) is 9.32. The highest BCUT2D eigenvalue weighted by Gasteiger charge is 2.40. The van der Waals surface area contributed by atoms with Crippen molar-refractivity contribution >= 4 is 39.6 Å². The SMILES string of the molecule is CC1SCC(C(=O)O)N1C(=O)c1cc(Br)cn1C(C)C. The summed E-state index contributed by atoms with van der Waals surface area (Å²) in [5.41, 5.74) is 0.521. The number of carboxylic acid groups (broad SMARTS) is 1. The van der Waals surface area contributed by atoms with Gasteiger partial charge in [0.25, 0.3) is 5.91 Å². The van der Waals surface area contributed by atoms with Gasteiger partial charge in [-0.1, -0.05) is 0 Å². The summed E-state index contributed by atoms with van der Waals surface area (Å²) >= 11 is 4.86. The van der Waals surface area contributed by atoms with E-state index in [0.29, 0.717) is 11.4 Å². The van der Waals surface area contributed by atoms with Gasteiger partial charge in [-0.05, 0) is 42.8 Å². The number of carboxylic acids is 1.